The Kier molecular flexibility index (Phi) is 4.36. The molecule has 0 aliphatic rings. The highest BCUT2D eigenvalue weighted by molar-refractivity contribution is 9.10. The first-order chi connectivity index (χ1) is 9.11. The smallest absolute Gasteiger partial charge is 0.257 e. The quantitative estimate of drug-likeness (QED) is 0.592. The van der Waals surface area contributed by atoms with Crippen molar-refractivity contribution >= 4 is 44.8 Å². The molecule has 0 spiro atoms. The molecule has 0 saturated carbocycles. The van der Waals surface area contributed by atoms with E-state index in [4.69, 9.17) is 17.4 Å². The zero-order valence-corrected chi connectivity index (χ0v) is 12.0. The first-order valence-corrected chi connectivity index (χ1v) is 6.46. The number of hydrogen-bond acceptors (Lipinski definition) is 4. The molecule has 0 fully saturated rings. The van der Waals surface area contributed by atoms with E-state index in [0.29, 0.717) is 26.4 Å². The third-order valence-corrected chi connectivity index (χ3v) is 3.27. The number of amides is 1. The fourth-order valence-electron chi connectivity index (χ4n) is 1.50. The molecule has 98 valence electrons. The monoisotopic (exact) mass is 340 g/mol. The van der Waals surface area contributed by atoms with E-state index in [1.807, 2.05) is 0 Å². The van der Waals surface area contributed by atoms with Crippen molar-refractivity contribution in [3.63, 3.8) is 0 Å². The van der Waals surface area contributed by atoms with Gasteiger partial charge < -0.3 is 10.7 Å². The summed E-state index contributed by atoms with van der Waals surface area (Å²) in [5.74, 6) is 5.05. The van der Waals surface area contributed by atoms with Gasteiger partial charge in [0.05, 0.1) is 21.4 Å². The zero-order chi connectivity index (χ0) is 13.8. The summed E-state index contributed by atoms with van der Waals surface area (Å²) < 4.78 is 0.688. The summed E-state index contributed by atoms with van der Waals surface area (Å²) in [6.07, 6.45) is 3.18. The van der Waals surface area contributed by atoms with Crippen LogP contribution in [0, 0.1) is 0 Å². The Labute approximate surface area is 123 Å². The number of aromatic nitrogens is 1. The topological polar surface area (TPSA) is 80.0 Å². The average Bonchev–Trinajstić information content (AvgIpc) is 2.41. The third-order valence-electron chi connectivity index (χ3n) is 2.40. The molecule has 2 aromatic rings. The van der Waals surface area contributed by atoms with Crippen LogP contribution in [0.4, 0.5) is 11.4 Å². The van der Waals surface area contributed by atoms with E-state index < -0.39 is 0 Å². The third kappa shape index (κ3) is 3.23. The molecule has 0 bridgehead atoms. The standard InChI is InChI=1S/C12H10BrClN4O/c13-9-6-16-4-3-11(9)17-12(19)8-5-7(14)1-2-10(8)18-15/h1-6,18H,15H2,(H,16,17,19). The van der Waals surface area contributed by atoms with E-state index >= 15 is 0 Å². The van der Waals surface area contributed by atoms with Gasteiger partial charge in [-0.3, -0.25) is 15.6 Å². The van der Waals surface area contributed by atoms with Gasteiger partial charge in [0.15, 0.2) is 0 Å². The Morgan fingerprint density at radius 3 is 2.79 bits per heavy atom. The number of nitrogen functional groups attached to an aromatic ring is 1. The fraction of sp³-hybridized carbons (Fsp3) is 0. The number of nitrogens with two attached hydrogens (primary N) is 1. The lowest BCUT2D eigenvalue weighted by atomic mass is 10.1. The van der Waals surface area contributed by atoms with Crippen LogP contribution in [-0.4, -0.2) is 10.9 Å². The Morgan fingerprint density at radius 2 is 2.11 bits per heavy atom. The van der Waals surface area contributed by atoms with Crippen LogP contribution in [0.15, 0.2) is 41.1 Å². The molecule has 4 N–H and O–H groups in total. The number of hydrogen-bond donors (Lipinski definition) is 3. The molecule has 0 aliphatic heterocycles. The van der Waals surface area contributed by atoms with Gasteiger partial charge in [-0.05, 0) is 40.2 Å². The van der Waals surface area contributed by atoms with E-state index in [2.05, 4.69) is 31.7 Å². The molecular formula is C12H10BrClN4O. The Balaban J connectivity index is 2.30. The summed E-state index contributed by atoms with van der Waals surface area (Å²) in [5, 5.41) is 3.20. The number of carbonyl (C=O) groups is 1. The Morgan fingerprint density at radius 1 is 1.32 bits per heavy atom. The minimum atomic E-state index is -0.317. The molecule has 0 aliphatic carbocycles. The molecule has 1 aromatic carbocycles. The van der Waals surface area contributed by atoms with Crippen molar-refractivity contribution in [3.05, 3.63) is 51.7 Å². The summed E-state index contributed by atoms with van der Waals surface area (Å²) >= 11 is 9.19. The SMILES string of the molecule is NNc1ccc(Cl)cc1C(=O)Nc1ccncc1Br. The predicted molar refractivity (Wildman–Crippen MR) is 79.2 cm³/mol. The normalized spacial score (nSPS) is 10.1. The first-order valence-electron chi connectivity index (χ1n) is 5.29. The Hall–Kier alpha value is -1.63. The van der Waals surface area contributed by atoms with Gasteiger partial charge in [-0.1, -0.05) is 11.6 Å². The van der Waals surface area contributed by atoms with Crippen molar-refractivity contribution in [2.45, 2.75) is 0 Å². The van der Waals surface area contributed by atoms with Crippen LogP contribution in [0.5, 0.6) is 0 Å². The molecule has 7 heteroatoms. The van der Waals surface area contributed by atoms with Crippen molar-refractivity contribution in [2.24, 2.45) is 5.84 Å². The molecule has 0 atom stereocenters. The summed E-state index contributed by atoms with van der Waals surface area (Å²) in [4.78, 5) is 16.1. The molecule has 1 heterocycles. The van der Waals surface area contributed by atoms with Crippen LogP contribution < -0.4 is 16.6 Å². The molecule has 2 rings (SSSR count). The molecule has 5 nitrogen and oxygen atoms in total. The number of nitrogens with zero attached hydrogens (tertiary/aromatic N) is 1. The number of hydrazine groups is 1. The summed E-state index contributed by atoms with van der Waals surface area (Å²) in [6, 6.07) is 6.51. The molecule has 0 unspecified atom stereocenters. The second-order valence-electron chi connectivity index (χ2n) is 3.64. The van der Waals surface area contributed by atoms with Crippen molar-refractivity contribution in [3.8, 4) is 0 Å². The van der Waals surface area contributed by atoms with Crippen molar-refractivity contribution in [1.82, 2.24) is 4.98 Å². The number of halogens is 2. The van der Waals surface area contributed by atoms with Crippen LogP contribution in [-0.2, 0) is 0 Å². The molecule has 1 aromatic heterocycles. The summed E-state index contributed by atoms with van der Waals surface area (Å²) in [6.45, 7) is 0. The maximum atomic E-state index is 12.2. The molecule has 1 amide bonds. The number of rotatable bonds is 3. The lowest BCUT2D eigenvalue weighted by molar-refractivity contribution is 0.102. The van der Waals surface area contributed by atoms with Gasteiger partial charge in [0.1, 0.15) is 0 Å². The minimum Gasteiger partial charge on any atom is -0.323 e. The highest BCUT2D eigenvalue weighted by atomic mass is 79.9. The molecule has 0 saturated heterocycles. The first kappa shape index (κ1) is 13.8. The molecule has 19 heavy (non-hydrogen) atoms. The van der Waals surface area contributed by atoms with Gasteiger partial charge in [0, 0.05) is 17.4 Å². The second-order valence-corrected chi connectivity index (χ2v) is 4.93. The van der Waals surface area contributed by atoms with E-state index in [-0.39, 0.29) is 5.91 Å². The van der Waals surface area contributed by atoms with Crippen LogP contribution in [0.2, 0.25) is 5.02 Å². The van der Waals surface area contributed by atoms with Crippen LogP contribution in [0.1, 0.15) is 10.4 Å². The van der Waals surface area contributed by atoms with Crippen molar-refractivity contribution in [1.29, 1.82) is 0 Å². The Bertz CT molecular complexity index is 620. The molecular weight excluding hydrogens is 332 g/mol. The maximum absolute atomic E-state index is 12.2. The second kappa shape index (κ2) is 6.01. The van der Waals surface area contributed by atoms with Gasteiger partial charge >= 0.3 is 0 Å². The number of pyridine rings is 1. The largest absolute Gasteiger partial charge is 0.323 e. The highest BCUT2D eigenvalue weighted by Gasteiger charge is 2.13. The van der Waals surface area contributed by atoms with Gasteiger partial charge in [-0.2, -0.15) is 0 Å². The van der Waals surface area contributed by atoms with Gasteiger partial charge in [-0.25, -0.2) is 0 Å². The number of carbonyl (C=O) groups excluding carboxylic acids is 1. The highest BCUT2D eigenvalue weighted by Crippen LogP contribution is 2.24. The molecule has 0 radical (unpaired) electrons. The maximum Gasteiger partial charge on any atom is 0.257 e. The lowest BCUT2D eigenvalue weighted by Gasteiger charge is -2.10. The minimum absolute atomic E-state index is 0.317. The summed E-state index contributed by atoms with van der Waals surface area (Å²) in [5.41, 5.74) is 3.93. The van der Waals surface area contributed by atoms with Crippen molar-refractivity contribution in [2.75, 3.05) is 10.7 Å². The summed E-state index contributed by atoms with van der Waals surface area (Å²) in [7, 11) is 0. The van der Waals surface area contributed by atoms with E-state index in [1.54, 1.807) is 36.7 Å². The number of nitrogens with one attached hydrogen (secondary N) is 2. The van der Waals surface area contributed by atoms with E-state index in [9.17, 15) is 4.79 Å². The van der Waals surface area contributed by atoms with Crippen molar-refractivity contribution < 1.29 is 4.79 Å². The number of benzene rings is 1. The van der Waals surface area contributed by atoms with Gasteiger partial charge in [-0.15, -0.1) is 0 Å². The van der Waals surface area contributed by atoms with Gasteiger partial charge in [0.2, 0.25) is 0 Å². The van der Waals surface area contributed by atoms with Crippen LogP contribution >= 0.6 is 27.5 Å². The lowest BCUT2D eigenvalue weighted by Crippen LogP contribution is -2.17. The van der Waals surface area contributed by atoms with Crippen LogP contribution in [0.25, 0.3) is 0 Å². The number of anilines is 2. The van der Waals surface area contributed by atoms with E-state index in [1.165, 1.54) is 0 Å². The van der Waals surface area contributed by atoms with E-state index in [0.717, 1.165) is 0 Å². The fourth-order valence-corrected chi connectivity index (χ4v) is 2.02. The predicted octanol–water partition coefficient (Wildman–Crippen LogP) is 3.04. The van der Waals surface area contributed by atoms with Gasteiger partial charge in [0.25, 0.3) is 5.91 Å². The zero-order valence-electron chi connectivity index (χ0n) is 9.65. The average molecular weight is 342 g/mol. The van der Waals surface area contributed by atoms with Crippen LogP contribution in [0.3, 0.4) is 0 Å².